The van der Waals surface area contributed by atoms with Crippen molar-refractivity contribution in [2.75, 3.05) is 5.32 Å². The number of nitrogens with two attached hydrogens (primary N) is 1. The van der Waals surface area contributed by atoms with Gasteiger partial charge in [0.2, 0.25) is 5.89 Å². The van der Waals surface area contributed by atoms with Crippen LogP contribution in [0.2, 0.25) is 0 Å². The van der Waals surface area contributed by atoms with E-state index >= 15 is 0 Å². The average Bonchev–Trinajstić information content (AvgIpc) is 2.80. The number of hydrogen-bond acceptors (Lipinski definition) is 5. The molecule has 0 saturated carbocycles. The molecule has 0 saturated heterocycles. The standard InChI is InChI=1S/C12H15FN4O/c1-7-3-4-9(5-10(7)13)8(2)15-12-17-16-11(6-14)18-12/h3-5,8H,6,14H2,1-2H3,(H,15,17). The fourth-order valence-electron chi connectivity index (χ4n) is 1.54. The van der Waals surface area contributed by atoms with E-state index in [4.69, 9.17) is 10.2 Å². The summed E-state index contributed by atoms with van der Waals surface area (Å²) in [6.45, 7) is 3.81. The summed E-state index contributed by atoms with van der Waals surface area (Å²) in [6, 6.07) is 5.24. The first-order valence-corrected chi connectivity index (χ1v) is 5.65. The predicted octanol–water partition coefficient (Wildman–Crippen LogP) is 2.15. The largest absolute Gasteiger partial charge is 0.407 e. The third-order valence-corrected chi connectivity index (χ3v) is 2.68. The van der Waals surface area contributed by atoms with Crippen LogP contribution in [0, 0.1) is 12.7 Å². The van der Waals surface area contributed by atoms with E-state index in [1.165, 1.54) is 6.07 Å². The normalized spacial score (nSPS) is 12.4. The van der Waals surface area contributed by atoms with Gasteiger partial charge in [0.1, 0.15) is 5.82 Å². The van der Waals surface area contributed by atoms with Crippen LogP contribution in [0.1, 0.15) is 30.0 Å². The van der Waals surface area contributed by atoms with Crippen LogP contribution in [-0.4, -0.2) is 10.2 Å². The topological polar surface area (TPSA) is 77.0 Å². The molecule has 0 bridgehead atoms. The molecule has 0 fully saturated rings. The Labute approximate surface area is 104 Å². The lowest BCUT2D eigenvalue weighted by molar-refractivity contribution is 0.503. The molecule has 18 heavy (non-hydrogen) atoms. The van der Waals surface area contributed by atoms with Gasteiger partial charge in [0.15, 0.2) is 0 Å². The Morgan fingerprint density at radius 1 is 1.44 bits per heavy atom. The first kappa shape index (κ1) is 12.5. The van der Waals surface area contributed by atoms with Crippen molar-refractivity contribution in [2.45, 2.75) is 26.4 Å². The van der Waals surface area contributed by atoms with E-state index in [2.05, 4.69) is 15.5 Å². The lowest BCUT2D eigenvalue weighted by Crippen LogP contribution is -2.07. The SMILES string of the molecule is Cc1ccc(C(C)Nc2nnc(CN)o2)cc1F. The summed E-state index contributed by atoms with van der Waals surface area (Å²) in [7, 11) is 0. The fraction of sp³-hybridized carbons (Fsp3) is 0.333. The summed E-state index contributed by atoms with van der Waals surface area (Å²) in [5.41, 5.74) is 6.80. The molecule has 2 rings (SSSR count). The number of anilines is 1. The Morgan fingerprint density at radius 2 is 2.22 bits per heavy atom. The highest BCUT2D eigenvalue weighted by atomic mass is 19.1. The Kier molecular flexibility index (Phi) is 3.57. The molecule has 1 unspecified atom stereocenters. The highest BCUT2D eigenvalue weighted by molar-refractivity contribution is 5.31. The van der Waals surface area contributed by atoms with Crippen LogP contribution in [0.3, 0.4) is 0 Å². The maximum Gasteiger partial charge on any atom is 0.315 e. The van der Waals surface area contributed by atoms with E-state index in [0.29, 0.717) is 11.5 Å². The van der Waals surface area contributed by atoms with Gasteiger partial charge in [0, 0.05) is 0 Å². The molecule has 96 valence electrons. The zero-order chi connectivity index (χ0) is 13.1. The van der Waals surface area contributed by atoms with Crippen molar-refractivity contribution < 1.29 is 8.81 Å². The zero-order valence-corrected chi connectivity index (χ0v) is 10.3. The van der Waals surface area contributed by atoms with Crippen molar-refractivity contribution in [3.63, 3.8) is 0 Å². The Bertz CT molecular complexity index is 541. The summed E-state index contributed by atoms with van der Waals surface area (Å²) < 4.78 is 18.7. The van der Waals surface area contributed by atoms with Crippen molar-refractivity contribution >= 4 is 6.01 Å². The van der Waals surface area contributed by atoms with E-state index in [-0.39, 0.29) is 24.4 Å². The fourth-order valence-corrected chi connectivity index (χ4v) is 1.54. The Balaban J connectivity index is 2.11. The molecular weight excluding hydrogens is 235 g/mol. The van der Waals surface area contributed by atoms with Crippen molar-refractivity contribution in [3.05, 3.63) is 41.0 Å². The minimum atomic E-state index is -0.227. The molecule has 0 spiro atoms. The highest BCUT2D eigenvalue weighted by Crippen LogP contribution is 2.20. The first-order valence-electron chi connectivity index (χ1n) is 5.65. The van der Waals surface area contributed by atoms with Crippen LogP contribution < -0.4 is 11.1 Å². The second kappa shape index (κ2) is 5.14. The minimum absolute atomic E-state index is 0.133. The van der Waals surface area contributed by atoms with Crippen molar-refractivity contribution in [1.82, 2.24) is 10.2 Å². The number of rotatable bonds is 4. The number of aromatic nitrogens is 2. The van der Waals surface area contributed by atoms with E-state index in [9.17, 15) is 4.39 Å². The summed E-state index contributed by atoms with van der Waals surface area (Å²) in [4.78, 5) is 0. The van der Waals surface area contributed by atoms with E-state index < -0.39 is 0 Å². The van der Waals surface area contributed by atoms with E-state index in [1.807, 2.05) is 13.0 Å². The molecule has 3 N–H and O–H groups in total. The van der Waals surface area contributed by atoms with Gasteiger partial charge < -0.3 is 15.5 Å². The molecule has 5 nitrogen and oxygen atoms in total. The number of nitrogens with zero attached hydrogens (tertiary/aromatic N) is 2. The van der Waals surface area contributed by atoms with Gasteiger partial charge in [-0.25, -0.2) is 4.39 Å². The van der Waals surface area contributed by atoms with Crippen LogP contribution in [0.25, 0.3) is 0 Å². The van der Waals surface area contributed by atoms with E-state index in [1.54, 1.807) is 13.0 Å². The predicted molar refractivity (Wildman–Crippen MR) is 65.4 cm³/mol. The van der Waals surface area contributed by atoms with Crippen LogP contribution in [-0.2, 0) is 6.54 Å². The van der Waals surface area contributed by atoms with Gasteiger partial charge in [-0.2, -0.15) is 0 Å². The third kappa shape index (κ3) is 2.65. The summed E-state index contributed by atoms with van der Waals surface area (Å²) in [5, 5.41) is 10.5. The van der Waals surface area contributed by atoms with Gasteiger partial charge in [-0.15, -0.1) is 5.10 Å². The smallest absolute Gasteiger partial charge is 0.315 e. The Hall–Kier alpha value is -1.95. The maximum atomic E-state index is 13.4. The quantitative estimate of drug-likeness (QED) is 0.869. The Morgan fingerprint density at radius 3 is 2.83 bits per heavy atom. The van der Waals surface area contributed by atoms with Crippen molar-refractivity contribution in [2.24, 2.45) is 5.73 Å². The first-order chi connectivity index (χ1) is 8.60. The number of halogens is 1. The van der Waals surface area contributed by atoms with Crippen LogP contribution in [0.5, 0.6) is 0 Å². The van der Waals surface area contributed by atoms with Gasteiger partial charge in [-0.1, -0.05) is 17.2 Å². The monoisotopic (exact) mass is 250 g/mol. The van der Waals surface area contributed by atoms with Gasteiger partial charge in [-0.3, -0.25) is 0 Å². The zero-order valence-electron chi connectivity index (χ0n) is 10.3. The summed E-state index contributed by atoms with van der Waals surface area (Å²) in [5.74, 6) is 0.133. The van der Waals surface area contributed by atoms with Gasteiger partial charge in [0.25, 0.3) is 0 Å². The second-order valence-electron chi connectivity index (χ2n) is 4.08. The molecule has 2 aromatic rings. The molecule has 0 radical (unpaired) electrons. The molecule has 0 amide bonds. The van der Waals surface area contributed by atoms with Crippen LogP contribution >= 0.6 is 0 Å². The molecule has 1 aromatic carbocycles. The molecule has 0 aliphatic rings. The van der Waals surface area contributed by atoms with Crippen LogP contribution in [0.15, 0.2) is 22.6 Å². The lowest BCUT2D eigenvalue weighted by Gasteiger charge is -2.12. The third-order valence-electron chi connectivity index (χ3n) is 2.68. The molecule has 0 aliphatic carbocycles. The number of nitrogens with one attached hydrogen (secondary N) is 1. The molecule has 6 heteroatoms. The summed E-state index contributed by atoms with van der Waals surface area (Å²) >= 11 is 0. The maximum absolute atomic E-state index is 13.4. The van der Waals surface area contributed by atoms with Crippen molar-refractivity contribution in [1.29, 1.82) is 0 Å². The van der Waals surface area contributed by atoms with Gasteiger partial charge >= 0.3 is 6.01 Å². The van der Waals surface area contributed by atoms with Crippen molar-refractivity contribution in [3.8, 4) is 0 Å². The second-order valence-corrected chi connectivity index (χ2v) is 4.08. The minimum Gasteiger partial charge on any atom is -0.407 e. The number of benzene rings is 1. The van der Waals surface area contributed by atoms with E-state index in [0.717, 1.165) is 5.56 Å². The molecular formula is C12H15FN4O. The van der Waals surface area contributed by atoms with Crippen LogP contribution in [0.4, 0.5) is 10.4 Å². The molecule has 1 heterocycles. The highest BCUT2D eigenvalue weighted by Gasteiger charge is 2.11. The van der Waals surface area contributed by atoms with Gasteiger partial charge in [0.05, 0.1) is 12.6 Å². The van der Waals surface area contributed by atoms with Gasteiger partial charge in [-0.05, 0) is 31.0 Å². The molecule has 1 atom stereocenters. The number of aryl methyl sites for hydroxylation is 1. The molecule has 1 aromatic heterocycles. The molecule has 0 aliphatic heterocycles. The summed E-state index contributed by atoms with van der Waals surface area (Å²) in [6.07, 6.45) is 0. The number of hydrogen-bond donors (Lipinski definition) is 2. The lowest BCUT2D eigenvalue weighted by atomic mass is 10.1. The average molecular weight is 250 g/mol.